The minimum absolute atomic E-state index is 0.341. The molecule has 1 heterocycles. The van der Waals surface area contributed by atoms with Crippen molar-refractivity contribution in [3.63, 3.8) is 0 Å². The van der Waals surface area contributed by atoms with Gasteiger partial charge in [-0.1, -0.05) is 45.2 Å². The zero-order valence-electron chi connectivity index (χ0n) is 10.2. The Hall–Kier alpha value is 1.30. The average Bonchev–Trinajstić information content (AvgIpc) is 2.37. The van der Waals surface area contributed by atoms with Crippen LogP contribution in [0.3, 0.4) is 0 Å². The maximum atomic E-state index is 5.71. The molecule has 1 saturated heterocycles. The molecule has 17 heavy (non-hydrogen) atoms. The second-order valence-corrected chi connectivity index (χ2v) is 5.88. The highest BCUT2D eigenvalue weighted by molar-refractivity contribution is 14.1. The van der Waals surface area contributed by atoms with Gasteiger partial charge in [-0.25, -0.2) is 0 Å². The fraction of sp³-hybridized carbons (Fsp3) is 1.00. The largest absolute Gasteiger partial charge is 0.380 e. The van der Waals surface area contributed by atoms with E-state index >= 15 is 0 Å². The molecule has 1 fully saturated rings. The van der Waals surface area contributed by atoms with Crippen molar-refractivity contribution in [2.24, 2.45) is 0 Å². The predicted molar refractivity (Wildman–Crippen MR) is 87.4 cm³/mol. The zero-order valence-corrected chi connectivity index (χ0v) is 14.5. The van der Waals surface area contributed by atoms with E-state index in [0.29, 0.717) is 6.10 Å². The van der Waals surface area contributed by atoms with Crippen molar-refractivity contribution in [3.8, 4) is 0 Å². The molecule has 0 aromatic carbocycles. The number of morpholine rings is 1. The van der Waals surface area contributed by atoms with E-state index in [1.165, 1.54) is 4.43 Å². The first kappa shape index (κ1) is 16.4. The van der Waals surface area contributed by atoms with Crippen molar-refractivity contribution >= 4 is 45.2 Å². The van der Waals surface area contributed by atoms with Crippen LogP contribution in [0.4, 0.5) is 0 Å². The Labute approximate surface area is 131 Å². The van der Waals surface area contributed by atoms with Crippen LogP contribution in [0.2, 0.25) is 0 Å². The second-order valence-electron chi connectivity index (χ2n) is 4.04. The molecule has 0 aromatic heterocycles. The van der Waals surface area contributed by atoms with Crippen LogP contribution in [0.15, 0.2) is 0 Å². The fourth-order valence-electron chi connectivity index (χ4n) is 1.77. The van der Waals surface area contributed by atoms with E-state index in [-0.39, 0.29) is 0 Å². The summed E-state index contributed by atoms with van der Waals surface area (Å²) in [5.41, 5.74) is 0. The quantitative estimate of drug-likeness (QED) is 0.241. The van der Waals surface area contributed by atoms with Crippen LogP contribution >= 0.6 is 45.2 Å². The number of nitrogens with one attached hydrogen (secondary N) is 1. The maximum absolute atomic E-state index is 5.71. The Morgan fingerprint density at radius 1 is 1.35 bits per heavy atom. The predicted octanol–water partition coefficient (Wildman–Crippen LogP) is 1.51. The first-order valence-corrected chi connectivity index (χ1v) is 9.16. The number of alkyl halides is 2. The van der Waals surface area contributed by atoms with E-state index in [1.807, 2.05) is 0 Å². The number of rotatable bonds is 9. The number of halogens is 2. The Kier molecular flexibility index (Phi) is 10.7. The van der Waals surface area contributed by atoms with Gasteiger partial charge in [-0.3, -0.25) is 4.90 Å². The van der Waals surface area contributed by atoms with Gasteiger partial charge in [0.15, 0.2) is 0 Å². The first-order valence-electron chi connectivity index (χ1n) is 6.11. The van der Waals surface area contributed by atoms with E-state index in [1.54, 1.807) is 0 Å². The highest BCUT2D eigenvalue weighted by Crippen LogP contribution is 2.04. The summed E-state index contributed by atoms with van der Waals surface area (Å²) in [7, 11) is 0. The van der Waals surface area contributed by atoms with Crippen LogP contribution in [-0.4, -0.2) is 66.0 Å². The lowest BCUT2D eigenvalue weighted by Crippen LogP contribution is -2.47. The van der Waals surface area contributed by atoms with Gasteiger partial charge in [-0.15, -0.1) is 0 Å². The zero-order chi connectivity index (χ0) is 12.3. The molecule has 6 heteroatoms. The Bertz CT molecular complexity index is 187. The van der Waals surface area contributed by atoms with Crippen LogP contribution in [0.25, 0.3) is 0 Å². The van der Waals surface area contributed by atoms with E-state index in [9.17, 15) is 0 Å². The lowest BCUT2D eigenvalue weighted by molar-refractivity contribution is -0.0341. The normalized spacial score (nSPS) is 21.9. The minimum Gasteiger partial charge on any atom is -0.380 e. The van der Waals surface area contributed by atoms with Gasteiger partial charge < -0.3 is 14.8 Å². The van der Waals surface area contributed by atoms with Crippen LogP contribution in [-0.2, 0) is 9.47 Å². The Balaban J connectivity index is 2.03. The van der Waals surface area contributed by atoms with E-state index < -0.39 is 0 Å². The monoisotopic (exact) mass is 468 g/mol. The minimum atomic E-state index is 0.341. The van der Waals surface area contributed by atoms with Crippen LogP contribution < -0.4 is 5.32 Å². The molecule has 1 rings (SSSR count). The SMILES string of the molecule is ICCCOCCN1CCOC(CNCI)C1. The van der Waals surface area contributed by atoms with Gasteiger partial charge in [0.1, 0.15) is 0 Å². The van der Waals surface area contributed by atoms with Gasteiger partial charge >= 0.3 is 0 Å². The molecule has 1 aliphatic heterocycles. The third kappa shape index (κ3) is 8.14. The summed E-state index contributed by atoms with van der Waals surface area (Å²) in [6.45, 7) is 6.65. The lowest BCUT2D eigenvalue weighted by atomic mass is 10.2. The summed E-state index contributed by atoms with van der Waals surface area (Å²) in [5.74, 6) is 0. The second kappa shape index (κ2) is 11.2. The van der Waals surface area contributed by atoms with Crippen molar-refractivity contribution in [1.29, 1.82) is 0 Å². The summed E-state index contributed by atoms with van der Waals surface area (Å²) in [6, 6.07) is 0. The van der Waals surface area contributed by atoms with Gasteiger partial charge in [0.05, 0.1) is 19.3 Å². The Morgan fingerprint density at radius 3 is 3.00 bits per heavy atom. The number of ether oxygens (including phenoxy) is 2. The summed E-state index contributed by atoms with van der Waals surface area (Å²) in [6.07, 6.45) is 1.50. The summed E-state index contributed by atoms with van der Waals surface area (Å²) in [4.78, 5) is 2.44. The van der Waals surface area contributed by atoms with E-state index in [0.717, 1.165) is 57.0 Å². The van der Waals surface area contributed by atoms with Crippen molar-refractivity contribution in [2.75, 3.05) is 55.0 Å². The van der Waals surface area contributed by atoms with E-state index in [4.69, 9.17) is 9.47 Å². The molecule has 1 N–H and O–H groups in total. The van der Waals surface area contributed by atoms with Crippen LogP contribution in [0.1, 0.15) is 6.42 Å². The van der Waals surface area contributed by atoms with Gasteiger partial charge in [0.2, 0.25) is 0 Å². The Morgan fingerprint density at radius 2 is 2.24 bits per heavy atom. The third-order valence-electron chi connectivity index (χ3n) is 2.66. The molecular formula is C11H22I2N2O2. The van der Waals surface area contributed by atoms with Gasteiger partial charge in [-0.2, -0.15) is 0 Å². The summed E-state index contributed by atoms with van der Waals surface area (Å²) in [5, 5.41) is 3.33. The lowest BCUT2D eigenvalue weighted by Gasteiger charge is -2.32. The number of hydrogen-bond acceptors (Lipinski definition) is 4. The molecule has 1 aliphatic rings. The molecule has 0 bridgehead atoms. The highest BCUT2D eigenvalue weighted by atomic mass is 127. The van der Waals surface area contributed by atoms with Gasteiger partial charge in [0, 0.05) is 41.8 Å². The molecule has 0 radical (unpaired) electrons. The first-order chi connectivity index (χ1) is 8.36. The van der Waals surface area contributed by atoms with Crippen LogP contribution in [0.5, 0.6) is 0 Å². The molecule has 0 aliphatic carbocycles. The molecular weight excluding hydrogens is 446 g/mol. The molecule has 0 aromatic rings. The number of nitrogens with zero attached hydrogens (tertiary/aromatic N) is 1. The summed E-state index contributed by atoms with van der Waals surface area (Å²) < 4.78 is 13.5. The average molecular weight is 468 g/mol. The third-order valence-corrected chi connectivity index (χ3v) is 3.97. The number of hydrogen-bond donors (Lipinski definition) is 1. The van der Waals surface area contributed by atoms with E-state index in [2.05, 4.69) is 55.4 Å². The summed E-state index contributed by atoms with van der Waals surface area (Å²) >= 11 is 4.71. The molecule has 1 atom stereocenters. The topological polar surface area (TPSA) is 33.7 Å². The fourth-order valence-corrected chi connectivity index (χ4v) is 2.40. The van der Waals surface area contributed by atoms with Crippen molar-refractivity contribution < 1.29 is 9.47 Å². The van der Waals surface area contributed by atoms with Gasteiger partial charge in [-0.05, 0) is 6.42 Å². The highest BCUT2D eigenvalue weighted by Gasteiger charge is 2.19. The molecule has 1 unspecified atom stereocenters. The molecule has 102 valence electrons. The van der Waals surface area contributed by atoms with Crippen LogP contribution in [0, 0.1) is 0 Å². The van der Waals surface area contributed by atoms with Crippen molar-refractivity contribution in [3.05, 3.63) is 0 Å². The molecule has 4 nitrogen and oxygen atoms in total. The van der Waals surface area contributed by atoms with Gasteiger partial charge in [0.25, 0.3) is 0 Å². The molecule has 0 spiro atoms. The van der Waals surface area contributed by atoms with Crippen molar-refractivity contribution in [1.82, 2.24) is 10.2 Å². The molecule has 0 saturated carbocycles. The standard InChI is InChI=1S/C11H22I2N2O2/c12-2-1-5-16-6-3-15-4-7-17-11(9-15)8-14-10-13/h11,14H,1-10H2. The molecule has 0 amide bonds. The van der Waals surface area contributed by atoms with Crippen molar-refractivity contribution in [2.45, 2.75) is 12.5 Å². The smallest absolute Gasteiger partial charge is 0.0827 e. The maximum Gasteiger partial charge on any atom is 0.0827 e.